The molecule has 0 spiro atoms. The number of nitrogens with one attached hydrogen (secondary N) is 1. The summed E-state index contributed by atoms with van der Waals surface area (Å²) in [6.45, 7) is 7.17. The lowest BCUT2D eigenvalue weighted by Crippen LogP contribution is -2.40. The molecule has 0 aromatic rings. The summed E-state index contributed by atoms with van der Waals surface area (Å²) >= 11 is 0. The molecule has 4 nitrogen and oxygen atoms in total. The molecule has 3 rings (SSSR count). The first-order valence-corrected chi connectivity index (χ1v) is 9.85. The van der Waals surface area contributed by atoms with E-state index in [1.54, 1.807) is 0 Å². The second kappa shape index (κ2) is 8.36. The van der Waals surface area contributed by atoms with Crippen molar-refractivity contribution in [2.24, 2.45) is 28.7 Å². The third kappa shape index (κ3) is 5.37. The lowest BCUT2D eigenvalue weighted by atomic mass is 9.96. The van der Waals surface area contributed by atoms with Crippen LogP contribution in [0.4, 0.5) is 0 Å². The standard InChI is InChI=1S/C19H35N3O/c1-3-20-19(21-14-18(16-4-5-16)17-6-7-17)22(2)11-8-15-9-12-23-13-10-15/h15-18H,3-14H2,1-2H3,(H,20,21). The molecule has 0 unspecified atom stereocenters. The van der Waals surface area contributed by atoms with Gasteiger partial charge in [-0.05, 0) is 75.5 Å². The molecule has 0 aromatic carbocycles. The maximum atomic E-state index is 5.46. The van der Waals surface area contributed by atoms with Crippen LogP contribution in [0.3, 0.4) is 0 Å². The number of guanidine groups is 1. The van der Waals surface area contributed by atoms with Gasteiger partial charge in [-0.2, -0.15) is 0 Å². The molecule has 0 radical (unpaired) electrons. The van der Waals surface area contributed by atoms with Crippen LogP contribution in [0.15, 0.2) is 4.99 Å². The van der Waals surface area contributed by atoms with Gasteiger partial charge >= 0.3 is 0 Å². The molecule has 3 fully saturated rings. The zero-order valence-electron chi connectivity index (χ0n) is 15.1. The van der Waals surface area contributed by atoms with E-state index in [4.69, 9.17) is 9.73 Å². The molecule has 0 atom stereocenters. The van der Waals surface area contributed by atoms with Crippen LogP contribution in [0.1, 0.15) is 51.9 Å². The van der Waals surface area contributed by atoms with Crippen molar-refractivity contribution in [2.75, 3.05) is 39.9 Å². The molecule has 2 aliphatic carbocycles. The van der Waals surface area contributed by atoms with Gasteiger partial charge in [-0.3, -0.25) is 4.99 Å². The van der Waals surface area contributed by atoms with Crippen LogP contribution in [0, 0.1) is 23.7 Å². The van der Waals surface area contributed by atoms with Gasteiger partial charge < -0.3 is 15.0 Å². The van der Waals surface area contributed by atoms with Gasteiger partial charge in [0.1, 0.15) is 0 Å². The van der Waals surface area contributed by atoms with Crippen LogP contribution in [0.25, 0.3) is 0 Å². The zero-order valence-corrected chi connectivity index (χ0v) is 15.1. The summed E-state index contributed by atoms with van der Waals surface area (Å²) in [4.78, 5) is 7.35. The highest BCUT2D eigenvalue weighted by atomic mass is 16.5. The highest BCUT2D eigenvalue weighted by Gasteiger charge is 2.41. The molecule has 0 aromatic heterocycles. The Balaban J connectivity index is 1.48. The third-order valence-corrected chi connectivity index (χ3v) is 5.82. The minimum atomic E-state index is 0.833. The average Bonchev–Trinajstić information content (AvgIpc) is 3.46. The van der Waals surface area contributed by atoms with Gasteiger partial charge in [0.05, 0.1) is 0 Å². The Kier molecular flexibility index (Phi) is 6.21. The highest BCUT2D eigenvalue weighted by Crippen LogP contribution is 2.49. The van der Waals surface area contributed by atoms with Gasteiger partial charge in [-0.1, -0.05) is 0 Å². The van der Waals surface area contributed by atoms with E-state index in [0.717, 1.165) is 62.5 Å². The Hall–Kier alpha value is -0.770. The number of hydrogen-bond acceptors (Lipinski definition) is 2. The fourth-order valence-electron chi connectivity index (χ4n) is 3.91. The maximum absolute atomic E-state index is 5.46. The summed E-state index contributed by atoms with van der Waals surface area (Å²) in [5.41, 5.74) is 0. The third-order valence-electron chi connectivity index (χ3n) is 5.82. The Morgan fingerprint density at radius 2 is 1.78 bits per heavy atom. The molecule has 3 aliphatic rings. The van der Waals surface area contributed by atoms with E-state index in [2.05, 4.69) is 24.2 Å². The largest absolute Gasteiger partial charge is 0.381 e. The minimum absolute atomic E-state index is 0.833. The number of aliphatic imine (C=N–C) groups is 1. The quantitative estimate of drug-likeness (QED) is 0.551. The first-order valence-electron chi connectivity index (χ1n) is 9.85. The van der Waals surface area contributed by atoms with E-state index in [1.165, 1.54) is 44.9 Å². The molecule has 23 heavy (non-hydrogen) atoms. The van der Waals surface area contributed by atoms with Crippen molar-refractivity contribution in [1.82, 2.24) is 10.2 Å². The van der Waals surface area contributed by atoms with Crippen molar-refractivity contribution >= 4 is 5.96 Å². The predicted octanol–water partition coefficient (Wildman–Crippen LogP) is 3.14. The summed E-state index contributed by atoms with van der Waals surface area (Å²) in [6.07, 6.45) is 9.53. The smallest absolute Gasteiger partial charge is 0.193 e. The molecule has 0 amide bonds. The van der Waals surface area contributed by atoms with Crippen molar-refractivity contribution in [2.45, 2.75) is 51.9 Å². The van der Waals surface area contributed by atoms with Crippen LogP contribution in [-0.4, -0.2) is 50.8 Å². The average molecular weight is 322 g/mol. The number of rotatable bonds is 8. The van der Waals surface area contributed by atoms with Crippen molar-refractivity contribution in [3.63, 3.8) is 0 Å². The molecule has 0 bridgehead atoms. The number of hydrogen-bond donors (Lipinski definition) is 1. The Morgan fingerprint density at radius 3 is 2.35 bits per heavy atom. The van der Waals surface area contributed by atoms with E-state index in [1.807, 2.05) is 0 Å². The van der Waals surface area contributed by atoms with Crippen LogP contribution < -0.4 is 5.32 Å². The first kappa shape index (κ1) is 17.1. The summed E-state index contributed by atoms with van der Waals surface area (Å²) in [7, 11) is 2.20. The Morgan fingerprint density at radius 1 is 1.13 bits per heavy atom. The van der Waals surface area contributed by atoms with Gasteiger partial charge in [0.15, 0.2) is 5.96 Å². The predicted molar refractivity (Wildman–Crippen MR) is 95.7 cm³/mol. The van der Waals surface area contributed by atoms with Crippen LogP contribution in [0.2, 0.25) is 0 Å². The van der Waals surface area contributed by atoms with Gasteiger partial charge in [-0.15, -0.1) is 0 Å². The van der Waals surface area contributed by atoms with E-state index in [9.17, 15) is 0 Å². The van der Waals surface area contributed by atoms with Crippen molar-refractivity contribution < 1.29 is 4.74 Å². The Labute approximate surface area is 142 Å². The van der Waals surface area contributed by atoms with Crippen LogP contribution in [0.5, 0.6) is 0 Å². The lowest BCUT2D eigenvalue weighted by molar-refractivity contribution is 0.0625. The number of ether oxygens (including phenoxy) is 1. The van der Waals surface area contributed by atoms with E-state index in [0.29, 0.717) is 0 Å². The maximum Gasteiger partial charge on any atom is 0.193 e. The topological polar surface area (TPSA) is 36.9 Å². The monoisotopic (exact) mass is 321 g/mol. The molecule has 1 saturated heterocycles. The molecule has 132 valence electrons. The van der Waals surface area contributed by atoms with Crippen LogP contribution >= 0.6 is 0 Å². The minimum Gasteiger partial charge on any atom is -0.381 e. The summed E-state index contributed by atoms with van der Waals surface area (Å²) < 4.78 is 5.46. The lowest BCUT2D eigenvalue weighted by Gasteiger charge is -2.27. The zero-order chi connectivity index (χ0) is 16.1. The van der Waals surface area contributed by atoms with Gasteiger partial charge in [0.25, 0.3) is 0 Å². The van der Waals surface area contributed by atoms with Crippen LogP contribution in [-0.2, 0) is 4.74 Å². The molecule has 1 heterocycles. The van der Waals surface area contributed by atoms with E-state index < -0.39 is 0 Å². The van der Waals surface area contributed by atoms with E-state index in [-0.39, 0.29) is 0 Å². The Bertz CT molecular complexity index is 372. The second-order valence-corrected chi connectivity index (χ2v) is 7.80. The van der Waals surface area contributed by atoms with Gasteiger partial charge in [0, 0.05) is 39.9 Å². The fourth-order valence-corrected chi connectivity index (χ4v) is 3.91. The summed E-state index contributed by atoms with van der Waals surface area (Å²) in [5, 5.41) is 3.50. The first-order chi connectivity index (χ1) is 11.3. The number of nitrogens with zero attached hydrogens (tertiary/aromatic N) is 2. The molecule has 2 saturated carbocycles. The molecule has 1 aliphatic heterocycles. The second-order valence-electron chi connectivity index (χ2n) is 7.80. The normalized spacial score (nSPS) is 23.3. The van der Waals surface area contributed by atoms with E-state index >= 15 is 0 Å². The molecule has 4 heteroatoms. The summed E-state index contributed by atoms with van der Waals surface area (Å²) in [5.74, 6) is 4.79. The van der Waals surface area contributed by atoms with Crippen molar-refractivity contribution in [3.05, 3.63) is 0 Å². The SMILES string of the molecule is CCNC(=NCC(C1CC1)C1CC1)N(C)CCC1CCOCC1. The molecular formula is C19H35N3O. The summed E-state index contributed by atoms with van der Waals surface area (Å²) in [6, 6.07) is 0. The van der Waals surface area contributed by atoms with Crippen molar-refractivity contribution in [3.8, 4) is 0 Å². The fraction of sp³-hybridized carbons (Fsp3) is 0.947. The molecular weight excluding hydrogens is 286 g/mol. The van der Waals surface area contributed by atoms with Gasteiger partial charge in [-0.25, -0.2) is 0 Å². The molecule has 1 N–H and O–H groups in total. The highest BCUT2D eigenvalue weighted by molar-refractivity contribution is 5.79. The van der Waals surface area contributed by atoms with Gasteiger partial charge in [0.2, 0.25) is 0 Å². The van der Waals surface area contributed by atoms with Crippen molar-refractivity contribution in [1.29, 1.82) is 0 Å².